The fourth-order valence-electron chi connectivity index (χ4n) is 2.23. The van der Waals surface area contributed by atoms with Crippen LogP contribution in [0.3, 0.4) is 0 Å². The van der Waals surface area contributed by atoms with Crippen LogP contribution in [-0.4, -0.2) is 44.6 Å². The molecule has 0 heterocycles. The van der Waals surface area contributed by atoms with E-state index in [0.29, 0.717) is 6.54 Å². The maximum absolute atomic E-state index is 11.4. The lowest BCUT2D eigenvalue weighted by molar-refractivity contribution is -0.113. The molecule has 1 aromatic rings. The van der Waals surface area contributed by atoms with Crippen LogP contribution < -0.4 is 0 Å². The highest BCUT2D eigenvalue weighted by molar-refractivity contribution is 8.16. The number of carbonyl (C=O) groups is 1. The molecule has 0 aliphatic carbocycles. The van der Waals surface area contributed by atoms with Crippen molar-refractivity contribution in [2.24, 2.45) is 0 Å². The molecule has 2 unspecified atom stereocenters. The molecule has 0 fully saturated rings. The standard InChI is InChI=1S/C17H28N3O2PS3/c1-6-10-15(2)22-23(25,18(4)14-21)19(5)26-20(16(3)24)13-17-11-8-7-9-12-17/h7-9,11-12,14-15H,6,10,13H2,1-5H3. The van der Waals surface area contributed by atoms with Crippen molar-refractivity contribution in [1.29, 1.82) is 0 Å². The van der Waals surface area contributed by atoms with Gasteiger partial charge in [0.15, 0.2) is 0 Å². The molecule has 0 radical (unpaired) electrons. The van der Waals surface area contributed by atoms with Gasteiger partial charge in [-0.25, -0.2) is 0 Å². The minimum Gasteiger partial charge on any atom is -0.319 e. The number of benzene rings is 1. The lowest BCUT2D eigenvalue weighted by atomic mass is 10.2. The van der Waals surface area contributed by atoms with E-state index in [-0.39, 0.29) is 6.10 Å². The molecule has 1 aromatic carbocycles. The van der Waals surface area contributed by atoms with E-state index in [1.807, 2.05) is 47.5 Å². The molecule has 5 nitrogen and oxygen atoms in total. The van der Waals surface area contributed by atoms with Crippen molar-refractivity contribution in [1.82, 2.24) is 13.1 Å². The lowest BCUT2D eigenvalue weighted by Gasteiger charge is -2.38. The Balaban J connectivity index is 2.97. The lowest BCUT2D eigenvalue weighted by Crippen LogP contribution is -2.30. The summed E-state index contributed by atoms with van der Waals surface area (Å²) in [6.45, 7) is 3.93. The Morgan fingerprint density at radius 1 is 1.35 bits per heavy atom. The van der Waals surface area contributed by atoms with E-state index in [0.717, 1.165) is 29.8 Å². The van der Waals surface area contributed by atoms with Crippen LogP contribution in [0, 0.1) is 0 Å². The maximum atomic E-state index is 11.4. The van der Waals surface area contributed by atoms with Gasteiger partial charge in [-0.3, -0.25) is 13.8 Å². The Morgan fingerprint density at radius 3 is 2.46 bits per heavy atom. The molecule has 0 aliphatic rings. The Labute approximate surface area is 172 Å². The van der Waals surface area contributed by atoms with Crippen molar-refractivity contribution in [2.45, 2.75) is 46.3 Å². The maximum Gasteiger partial charge on any atom is 0.241 e. The molecule has 1 rings (SSSR count). The first-order chi connectivity index (χ1) is 12.2. The van der Waals surface area contributed by atoms with Gasteiger partial charge in [0.2, 0.25) is 13.0 Å². The number of nitrogens with zero attached hydrogens (tertiary/aromatic N) is 3. The van der Waals surface area contributed by atoms with Crippen molar-refractivity contribution in [3.63, 3.8) is 0 Å². The van der Waals surface area contributed by atoms with Gasteiger partial charge in [-0.2, -0.15) is 4.08 Å². The molecule has 146 valence electrons. The van der Waals surface area contributed by atoms with Crippen LogP contribution in [0.5, 0.6) is 0 Å². The van der Waals surface area contributed by atoms with E-state index in [2.05, 4.69) is 19.1 Å². The van der Waals surface area contributed by atoms with Crippen LogP contribution in [0.2, 0.25) is 0 Å². The molecule has 0 N–H and O–H groups in total. The Hall–Kier alpha value is -0.500. The van der Waals surface area contributed by atoms with Gasteiger partial charge in [0.25, 0.3) is 0 Å². The Kier molecular flexibility index (Phi) is 10.3. The van der Waals surface area contributed by atoms with Crippen molar-refractivity contribution in [2.75, 3.05) is 14.1 Å². The van der Waals surface area contributed by atoms with Crippen molar-refractivity contribution in [3.8, 4) is 0 Å². The second-order valence-corrected chi connectivity index (χ2v) is 11.8. The molecule has 0 aromatic heterocycles. The zero-order chi connectivity index (χ0) is 19.7. The summed E-state index contributed by atoms with van der Waals surface area (Å²) in [5, 5.41) is 0. The fraction of sp³-hybridized carbons (Fsp3) is 0.529. The highest BCUT2D eigenvalue weighted by Gasteiger charge is 2.33. The van der Waals surface area contributed by atoms with Crippen LogP contribution in [-0.2, 0) is 27.7 Å². The summed E-state index contributed by atoms with van der Waals surface area (Å²) >= 11 is 12.6. The van der Waals surface area contributed by atoms with Crippen molar-refractivity contribution < 1.29 is 9.32 Å². The van der Waals surface area contributed by atoms with Gasteiger partial charge in [0.1, 0.15) is 0 Å². The molecule has 0 bridgehead atoms. The van der Waals surface area contributed by atoms with Gasteiger partial charge >= 0.3 is 0 Å². The molecule has 1 amide bonds. The highest BCUT2D eigenvalue weighted by atomic mass is 32.5. The number of thiocarbonyl (C=S) groups is 1. The number of amides is 1. The minimum atomic E-state index is -2.69. The van der Waals surface area contributed by atoms with Crippen LogP contribution in [0.4, 0.5) is 0 Å². The van der Waals surface area contributed by atoms with E-state index < -0.39 is 6.57 Å². The van der Waals surface area contributed by atoms with E-state index >= 15 is 0 Å². The molecule has 0 aliphatic heterocycles. The van der Waals surface area contributed by atoms with Crippen LogP contribution in [0.1, 0.15) is 39.2 Å². The fourth-order valence-corrected chi connectivity index (χ4v) is 6.29. The van der Waals surface area contributed by atoms with Crippen molar-refractivity contribution in [3.05, 3.63) is 35.9 Å². The minimum absolute atomic E-state index is 0.0209. The second-order valence-electron chi connectivity index (χ2n) is 5.96. The van der Waals surface area contributed by atoms with Gasteiger partial charge in [0.05, 0.1) is 17.6 Å². The monoisotopic (exact) mass is 433 g/mol. The Morgan fingerprint density at radius 2 is 1.96 bits per heavy atom. The van der Waals surface area contributed by atoms with Crippen LogP contribution in [0.25, 0.3) is 0 Å². The number of carbonyl (C=O) groups excluding carboxylic acids is 1. The Bertz CT molecular complexity index is 633. The van der Waals surface area contributed by atoms with Gasteiger partial charge in [-0.15, -0.1) is 0 Å². The van der Waals surface area contributed by atoms with E-state index in [4.69, 9.17) is 28.5 Å². The summed E-state index contributed by atoms with van der Waals surface area (Å²) in [6, 6.07) is 10.1. The number of rotatable bonds is 11. The zero-order valence-electron chi connectivity index (χ0n) is 16.0. The van der Waals surface area contributed by atoms with Crippen LogP contribution >= 0.6 is 30.9 Å². The summed E-state index contributed by atoms with van der Waals surface area (Å²) in [5.41, 5.74) is 1.15. The zero-order valence-corrected chi connectivity index (χ0v) is 19.3. The van der Waals surface area contributed by atoms with E-state index in [1.165, 1.54) is 16.8 Å². The SMILES string of the molecule is CCCC(C)OP(=S)(N(C)C=O)N(C)SN(Cc1ccccc1)C(C)=S. The third kappa shape index (κ3) is 6.91. The first-order valence-corrected chi connectivity index (χ1v) is 12.2. The third-order valence-electron chi connectivity index (χ3n) is 3.66. The first kappa shape index (κ1) is 23.5. The number of hydrogen-bond donors (Lipinski definition) is 0. The summed E-state index contributed by atoms with van der Waals surface area (Å²) < 4.78 is 11.5. The molecule has 0 saturated carbocycles. The van der Waals surface area contributed by atoms with Gasteiger partial charge in [-0.05, 0) is 37.6 Å². The van der Waals surface area contributed by atoms with Gasteiger partial charge in [-0.1, -0.05) is 55.9 Å². The average Bonchev–Trinajstić information content (AvgIpc) is 2.61. The second kappa shape index (κ2) is 11.4. The summed E-state index contributed by atoms with van der Waals surface area (Å²) in [6.07, 6.45) is 2.61. The summed E-state index contributed by atoms with van der Waals surface area (Å²) in [7, 11) is 3.54. The molecule has 0 spiro atoms. The van der Waals surface area contributed by atoms with Gasteiger partial charge in [0, 0.05) is 26.2 Å². The van der Waals surface area contributed by atoms with E-state index in [9.17, 15) is 4.79 Å². The smallest absolute Gasteiger partial charge is 0.241 e. The van der Waals surface area contributed by atoms with E-state index in [1.54, 1.807) is 7.05 Å². The quantitative estimate of drug-likeness (QED) is 0.214. The molecule has 0 saturated heterocycles. The predicted octanol–water partition coefficient (Wildman–Crippen LogP) is 4.85. The third-order valence-corrected chi connectivity index (χ3v) is 10.0. The number of hydrogen-bond acceptors (Lipinski definition) is 5. The highest BCUT2D eigenvalue weighted by Crippen LogP contribution is 2.57. The average molecular weight is 434 g/mol. The van der Waals surface area contributed by atoms with Gasteiger partial charge < -0.3 is 4.52 Å². The normalized spacial score (nSPS) is 14.5. The van der Waals surface area contributed by atoms with Crippen LogP contribution in [0.15, 0.2) is 30.3 Å². The molecular formula is C17H28N3O2PS3. The largest absolute Gasteiger partial charge is 0.319 e. The summed E-state index contributed by atoms with van der Waals surface area (Å²) in [4.78, 5) is 12.2. The molecule has 26 heavy (non-hydrogen) atoms. The van der Waals surface area contributed by atoms with Crippen molar-refractivity contribution >= 4 is 54.1 Å². The first-order valence-electron chi connectivity index (χ1n) is 8.46. The summed E-state index contributed by atoms with van der Waals surface area (Å²) in [5.74, 6) is 0. The topological polar surface area (TPSA) is 36.0 Å². The molecule has 2 atom stereocenters. The molecule has 9 heteroatoms. The molecular weight excluding hydrogens is 405 g/mol. The predicted molar refractivity (Wildman–Crippen MR) is 119 cm³/mol.